The molecule has 2 aliphatic rings. The van der Waals surface area contributed by atoms with Gasteiger partial charge in [-0.3, -0.25) is 4.79 Å². The number of fused-ring (bicyclic) bond motifs is 1. The topological polar surface area (TPSA) is 83.5 Å². The fourth-order valence-corrected chi connectivity index (χ4v) is 4.97. The standard InChI is InChI=1S/C27H35F2N3O3/c1-16(2)25(29)19-12-21-23(13-27(9-4-10-27)35-26(21)31-14-19)30-15-24(34)22(32-17(3)33)11-18-5-7-20(28)8-6-18/h5-8,12,14,16,22-25,30,34H,4,9-11,13,15H2,1-3H3,(H,32,33)/t22-,23-,24-,25-/m0/s1. The van der Waals surface area contributed by atoms with E-state index in [1.165, 1.54) is 19.1 Å². The summed E-state index contributed by atoms with van der Waals surface area (Å²) >= 11 is 0. The van der Waals surface area contributed by atoms with Crippen molar-refractivity contribution in [2.45, 2.75) is 82.8 Å². The Labute approximate surface area is 205 Å². The lowest BCUT2D eigenvalue weighted by Crippen LogP contribution is -2.52. The first-order valence-corrected chi connectivity index (χ1v) is 12.4. The highest BCUT2D eigenvalue weighted by atomic mass is 19.1. The summed E-state index contributed by atoms with van der Waals surface area (Å²) in [6.07, 6.45) is 3.57. The minimum atomic E-state index is -1.13. The SMILES string of the molecule is CC(=O)N[C@@H](Cc1ccc(F)cc1)[C@@H](O)CN[C@H]1CC2(CCC2)Oc2ncc([C@@H](F)C(C)C)cc21. The third-order valence-electron chi connectivity index (χ3n) is 7.13. The van der Waals surface area contributed by atoms with Gasteiger partial charge in [0.15, 0.2) is 0 Å². The highest BCUT2D eigenvalue weighted by Crippen LogP contribution is 2.48. The van der Waals surface area contributed by atoms with Gasteiger partial charge >= 0.3 is 0 Å². The molecule has 1 spiro atoms. The van der Waals surface area contributed by atoms with Crippen LogP contribution in [-0.4, -0.2) is 40.3 Å². The number of ether oxygens (including phenoxy) is 1. The van der Waals surface area contributed by atoms with E-state index in [2.05, 4.69) is 15.6 Å². The zero-order valence-electron chi connectivity index (χ0n) is 20.6. The number of aromatic nitrogens is 1. The highest BCUT2D eigenvalue weighted by Gasteiger charge is 2.46. The molecular weight excluding hydrogens is 452 g/mol. The first kappa shape index (κ1) is 25.5. The number of benzene rings is 1. The van der Waals surface area contributed by atoms with E-state index in [1.807, 2.05) is 19.9 Å². The molecule has 1 aromatic heterocycles. The lowest BCUT2D eigenvalue weighted by atomic mass is 9.73. The molecule has 0 unspecified atom stereocenters. The van der Waals surface area contributed by atoms with Crippen LogP contribution in [0.25, 0.3) is 0 Å². The van der Waals surface area contributed by atoms with Gasteiger partial charge in [0.1, 0.15) is 17.6 Å². The van der Waals surface area contributed by atoms with Crippen LogP contribution in [0.5, 0.6) is 5.88 Å². The zero-order valence-corrected chi connectivity index (χ0v) is 20.6. The molecule has 1 aromatic carbocycles. The van der Waals surface area contributed by atoms with Gasteiger partial charge in [-0.1, -0.05) is 26.0 Å². The van der Waals surface area contributed by atoms with Crippen LogP contribution in [0.3, 0.4) is 0 Å². The summed E-state index contributed by atoms with van der Waals surface area (Å²) in [7, 11) is 0. The molecule has 8 heteroatoms. The zero-order chi connectivity index (χ0) is 25.2. The molecule has 2 aromatic rings. The van der Waals surface area contributed by atoms with Crippen molar-refractivity contribution in [1.29, 1.82) is 0 Å². The van der Waals surface area contributed by atoms with Crippen molar-refractivity contribution in [3.8, 4) is 5.88 Å². The third kappa shape index (κ3) is 5.98. The van der Waals surface area contributed by atoms with Crippen LogP contribution in [-0.2, 0) is 11.2 Å². The van der Waals surface area contributed by atoms with E-state index < -0.39 is 18.3 Å². The highest BCUT2D eigenvalue weighted by molar-refractivity contribution is 5.73. The molecule has 1 aliphatic heterocycles. The molecule has 1 saturated carbocycles. The second kappa shape index (κ2) is 10.6. The van der Waals surface area contributed by atoms with Crippen LogP contribution in [0.2, 0.25) is 0 Å². The van der Waals surface area contributed by atoms with Gasteiger partial charge in [0, 0.05) is 43.3 Å². The van der Waals surface area contributed by atoms with E-state index in [1.54, 1.807) is 18.3 Å². The number of aliphatic hydroxyl groups is 1. The smallest absolute Gasteiger partial charge is 0.218 e. The predicted molar refractivity (Wildman–Crippen MR) is 129 cm³/mol. The Morgan fingerprint density at radius 3 is 2.60 bits per heavy atom. The van der Waals surface area contributed by atoms with E-state index in [9.17, 15) is 18.7 Å². The molecular formula is C27H35F2N3O3. The number of hydrogen-bond donors (Lipinski definition) is 3. The molecule has 1 amide bonds. The van der Waals surface area contributed by atoms with Crippen molar-refractivity contribution in [2.75, 3.05) is 6.54 Å². The summed E-state index contributed by atoms with van der Waals surface area (Å²) in [6, 6.07) is 7.13. The van der Waals surface area contributed by atoms with E-state index in [0.29, 0.717) is 24.3 Å². The Bertz CT molecular complexity index is 1030. The van der Waals surface area contributed by atoms with Gasteiger partial charge in [-0.15, -0.1) is 0 Å². The molecule has 2 heterocycles. The predicted octanol–water partition coefficient (Wildman–Crippen LogP) is 4.33. The number of pyridine rings is 1. The van der Waals surface area contributed by atoms with Gasteiger partial charge in [0.25, 0.3) is 0 Å². The largest absolute Gasteiger partial charge is 0.471 e. The maximum absolute atomic E-state index is 14.8. The monoisotopic (exact) mass is 487 g/mol. The maximum Gasteiger partial charge on any atom is 0.218 e. The number of carbonyl (C=O) groups is 1. The Balaban J connectivity index is 1.50. The van der Waals surface area contributed by atoms with Crippen molar-refractivity contribution in [3.05, 3.63) is 59.0 Å². The van der Waals surface area contributed by atoms with Gasteiger partial charge in [0.2, 0.25) is 11.8 Å². The van der Waals surface area contributed by atoms with Gasteiger partial charge in [-0.05, 0) is 55.4 Å². The number of nitrogens with one attached hydrogen (secondary N) is 2. The fourth-order valence-electron chi connectivity index (χ4n) is 4.97. The van der Waals surface area contributed by atoms with Gasteiger partial charge in [-0.25, -0.2) is 13.8 Å². The molecule has 1 fully saturated rings. The van der Waals surface area contributed by atoms with Gasteiger partial charge < -0.3 is 20.5 Å². The second-order valence-electron chi connectivity index (χ2n) is 10.3. The molecule has 0 bridgehead atoms. The van der Waals surface area contributed by atoms with Crippen molar-refractivity contribution in [1.82, 2.24) is 15.6 Å². The number of amides is 1. The fraction of sp³-hybridized carbons (Fsp3) is 0.556. The lowest BCUT2D eigenvalue weighted by molar-refractivity contribution is -0.120. The minimum Gasteiger partial charge on any atom is -0.471 e. The normalized spacial score (nSPS) is 20.9. The first-order chi connectivity index (χ1) is 16.7. The molecule has 6 nitrogen and oxygen atoms in total. The average molecular weight is 488 g/mol. The number of rotatable bonds is 9. The van der Waals surface area contributed by atoms with Crippen LogP contribution < -0.4 is 15.4 Å². The molecule has 4 rings (SSSR count). The molecule has 4 atom stereocenters. The van der Waals surface area contributed by atoms with E-state index in [0.717, 1.165) is 30.4 Å². The number of carbonyl (C=O) groups excluding carboxylic acids is 1. The van der Waals surface area contributed by atoms with Crippen LogP contribution >= 0.6 is 0 Å². The Morgan fingerprint density at radius 2 is 2.00 bits per heavy atom. The van der Waals surface area contributed by atoms with Crippen molar-refractivity contribution >= 4 is 5.91 Å². The lowest BCUT2D eigenvalue weighted by Gasteiger charge is -2.47. The second-order valence-corrected chi connectivity index (χ2v) is 10.3. The average Bonchev–Trinajstić information content (AvgIpc) is 2.80. The van der Waals surface area contributed by atoms with E-state index in [4.69, 9.17) is 4.74 Å². The summed E-state index contributed by atoms with van der Waals surface area (Å²) in [5.74, 6) is -0.239. The minimum absolute atomic E-state index is 0.163. The summed E-state index contributed by atoms with van der Waals surface area (Å²) in [6.45, 7) is 5.28. The van der Waals surface area contributed by atoms with Crippen LogP contribution in [0.15, 0.2) is 36.5 Å². The number of hydrogen-bond acceptors (Lipinski definition) is 5. The van der Waals surface area contributed by atoms with Crippen molar-refractivity contribution < 1.29 is 23.4 Å². The van der Waals surface area contributed by atoms with Crippen molar-refractivity contribution in [2.24, 2.45) is 5.92 Å². The molecule has 190 valence electrons. The number of nitrogens with zero attached hydrogens (tertiary/aromatic N) is 1. The Morgan fingerprint density at radius 1 is 1.29 bits per heavy atom. The van der Waals surface area contributed by atoms with Crippen LogP contribution in [0, 0.1) is 11.7 Å². The number of halogens is 2. The number of aliphatic hydroxyl groups excluding tert-OH is 1. The van der Waals surface area contributed by atoms with E-state index >= 15 is 0 Å². The molecule has 3 N–H and O–H groups in total. The Kier molecular flexibility index (Phi) is 7.71. The molecule has 1 aliphatic carbocycles. The maximum atomic E-state index is 14.8. The third-order valence-corrected chi connectivity index (χ3v) is 7.13. The summed E-state index contributed by atoms with van der Waals surface area (Å²) in [4.78, 5) is 16.3. The first-order valence-electron chi connectivity index (χ1n) is 12.4. The van der Waals surface area contributed by atoms with Gasteiger partial charge in [0.05, 0.1) is 12.1 Å². The quantitative estimate of drug-likeness (QED) is 0.490. The van der Waals surface area contributed by atoms with Crippen LogP contribution in [0.1, 0.15) is 75.4 Å². The van der Waals surface area contributed by atoms with Crippen molar-refractivity contribution in [3.63, 3.8) is 0 Å². The van der Waals surface area contributed by atoms with Crippen LogP contribution in [0.4, 0.5) is 8.78 Å². The summed E-state index contributed by atoms with van der Waals surface area (Å²) < 4.78 is 34.3. The molecule has 0 radical (unpaired) electrons. The molecule has 0 saturated heterocycles. The van der Waals surface area contributed by atoms with E-state index in [-0.39, 0.29) is 35.8 Å². The van der Waals surface area contributed by atoms with Gasteiger partial charge in [-0.2, -0.15) is 0 Å². The summed E-state index contributed by atoms with van der Waals surface area (Å²) in [5, 5.41) is 17.3. The number of alkyl halides is 1. The Hall–Kier alpha value is -2.58. The molecule has 35 heavy (non-hydrogen) atoms. The summed E-state index contributed by atoms with van der Waals surface area (Å²) in [5.41, 5.74) is 1.85.